The van der Waals surface area contributed by atoms with Crippen molar-refractivity contribution in [2.75, 3.05) is 40.4 Å². The van der Waals surface area contributed by atoms with E-state index in [1.54, 1.807) is 0 Å². The van der Waals surface area contributed by atoms with Gasteiger partial charge in [0.15, 0.2) is 0 Å². The van der Waals surface area contributed by atoms with E-state index < -0.39 is 10.2 Å². The number of carbonyl (C=O) groups excluding carboxylic acids is 1. The van der Waals surface area contributed by atoms with E-state index >= 15 is 0 Å². The molecule has 2 N–H and O–H groups in total. The highest BCUT2D eigenvalue weighted by Crippen LogP contribution is 2.20. The maximum absolute atomic E-state index is 12.7. The molecular formula is C19H28N4O4S. The SMILES string of the molecule is CN(C)S(=O)(=O)N(CCNC(=O)Cc1c[nH]c2ccccc12)C1CCOCC1. The van der Waals surface area contributed by atoms with E-state index in [0.717, 1.165) is 16.5 Å². The number of aromatic amines is 1. The molecule has 1 aromatic carbocycles. The van der Waals surface area contributed by atoms with Crippen molar-refractivity contribution in [3.05, 3.63) is 36.0 Å². The molecular weight excluding hydrogens is 380 g/mol. The molecule has 28 heavy (non-hydrogen) atoms. The van der Waals surface area contributed by atoms with Crippen LogP contribution < -0.4 is 5.32 Å². The summed E-state index contributed by atoms with van der Waals surface area (Å²) in [6, 6.07) is 7.72. The van der Waals surface area contributed by atoms with Crippen LogP contribution in [0.1, 0.15) is 18.4 Å². The van der Waals surface area contributed by atoms with Crippen molar-refractivity contribution < 1.29 is 17.9 Å². The van der Waals surface area contributed by atoms with Crippen molar-refractivity contribution in [1.29, 1.82) is 0 Å². The predicted molar refractivity (Wildman–Crippen MR) is 108 cm³/mol. The Hall–Kier alpha value is -1.94. The fraction of sp³-hybridized carbons (Fsp3) is 0.526. The van der Waals surface area contributed by atoms with Crippen LogP contribution >= 0.6 is 0 Å². The van der Waals surface area contributed by atoms with Crippen molar-refractivity contribution >= 4 is 27.0 Å². The number of aromatic nitrogens is 1. The van der Waals surface area contributed by atoms with Crippen LogP contribution in [0.2, 0.25) is 0 Å². The lowest BCUT2D eigenvalue weighted by Crippen LogP contribution is -2.50. The molecule has 0 spiro atoms. The van der Waals surface area contributed by atoms with Crippen LogP contribution in [-0.4, -0.2) is 74.4 Å². The van der Waals surface area contributed by atoms with Gasteiger partial charge in [0.25, 0.3) is 10.2 Å². The standard InChI is InChI=1S/C19H28N4O4S/c1-22(2)28(25,26)23(16-7-11-27-12-8-16)10-9-20-19(24)13-15-14-21-18-6-4-3-5-17(15)18/h3-6,14,16,21H,7-13H2,1-2H3,(H,20,24). The zero-order chi connectivity index (χ0) is 20.1. The Bertz CT molecular complexity index is 904. The summed E-state index contributed by atoms with van der Waals surface area (Å²) in [7, 11) is -0.510. The number of rotatable bonds is 8. The molecule has 1 aromatic heterocycles. The summed E-state index contributed by atoms with van der Waals surface area (Å²) in [5.74, 6) is -0.126. The number of para-hydroxylation sites is 1. The van der Waals surface area contributed by atoms with Crippen LogP contribution in [0.5, 0.6) is 0 Å². The van der Waals surface area contributed by atoms with Gasteiger partial charge in [-0.05, 0) is 24.5 Å². The van der Waals surface area contributed by atoms with Gasteiger partial charge >= 0.3 is 0 Å². The second kappa shape index (κ2) is 9.04. The van der Waals surface area contributed by atoms with Crippen LogP contribution in [0.4, 0.5) is 0 Å². The fourth-order valence-corrected chi connectivity index (χ4v) is 4.82. The topological polar surface area (TPSA) is 94.7 Å². The largest absolute Gasteiger partial charge is 0.381 e. The van der Waals surface area contributed by atoms with Gasteiger partial charge in [-0.3, -0.25) is 4.79 Å². The molecule has 8 nitrogen and oxygen atoms in total. The van der Waals surface area contributed by atoms with Crippen LogP contribution in [-0.2, 0) is 26.2 Å². The lowest BCUT2D eigenvalue weighted by Gasteiger charge is -2.34. The number of nitrogens with zero attached hydrogens (tertiary/aromatic N) is 2. The van der Waals surface area contributed by atoms with E-state index in [1.165, 1.54) is 22.7 Å². The summed E-state index contributed by atoms with van der Waals surface area (Å²) in [6.45, 7) is 1.62. The van der Waals surface area contributed by atoms with E-state index in [1.807, 2.05) is 30.5 Å². The van der Waals surface area contributed by atoms with Crippen LogP contribution in [0.15, 0.2) is 30.5 Å². The maximum Gasteiger partial charge on any atom is 0.281 e. The second-order valence-electron chi connectivity index (χ2n) is 7.13. The minimum absolute atomic E-state index is 0.105. The number of amides is 1. The van der Waals surface area contributed by atoms with Crippen LogP contribution in [0.25, 0.3) is 10.9 Å². The van der Waals surface area contributed by atoms with E-state index in [9.17, 15) is 13.2 Å². The molecule has 1 fully saturated rings. The van der Waals surface area contributed by atoms with Crippen LogP contribution in [0.3, 0.4) is 0 Å². The highest BCUT2D eigenvalue weighted by Gasteiger charge is 2.32. The first kappa shape index (κ1) is 20.8. The fourth-order valence-electron chi connectivity index (χ4n) is 3.49. The predicted octanol–water partition coefficient (Wildman–Crippen LogP) is 1.11. The Kier molecular flexibility index (Phi) is 6.71. The van der Waals surface area contributed by atoms with Gasteiger partial charge in [0, 0.05) is 63.5 Å². The Balaban J connectivity index is 1.59. The second-order valence-corrected chi connectivity index (χ2v) is 9.23. The van der Waals surface area contributed by atoms with Crippen LogP contribution in [0, 0.1) is 0 Å². The Morgan fingerprint density at radius 2 is 1.96 bits per heavy atom. The van der Waals surface area contributed by atoms with Gasteiger partial charge in [0.2, 0.25) is 5.91 Å². The molecule has 2 heterocycles. The first-order chi connectivity index (χ1) is 13.4. The maximum atomic E-state index is 12.7. The lowest BCUT2D eigenvalue weighted by molar-refractivity contribution is -0.120. The Morgan fingerprint density at radius 1 is 1.25 bits per heavy atom. The van der Waals surface area contributed by atoms with Gasteiger partial charge in [-0.15, -0.1) is 0 Å². The number of carbonyl (C=O) groups is 1. The summed E-state index contributed by atoms with van der Waals surface area (Å²) in [4.78, 5) is 15.5. The monoisotopic (exact) mass is 408 g/mol. The number of hydrogen-bond acceptors (Lipinski definition) is 4. The smallest absolute Gasteiger partial charge is 0.281 e. The van der Waals surface area contributed by atoms with Gasteiger partial charge in [-0.1, -0.05) is 18.2 Å². The molecule has 9 heteroatoms. The number of H-pyrrole nitrogens is 1. The van der Waals surface area contributed by atoms with Crippen molar-refractivity contribution in [1.82, 2.24) is 18.9 Å². The molecule has 154 valence electrons. The first-order valence-electron chi connectivity index (χ1n) is 9.48. The van der Waals surface area contributed by atoms with Crippen molar-refractivity contribution in [2.45, 2.75) is 25.3 Å². The van der Waals surface area contributed by atoms with Crippen molar-refractivity contribution in [2.24, 2.45) is 0 Å². The van der Waals surface area contributed by atoms with E-state index in [4.69, 9.17) is 4.74 Å². The van der Waals surface area contributed by atoms with Gasteiger partial charge in [0.1, 0.15) is 0 Å². The quantitative estimate of drug-likeness (QED) is 0.684. The number of nitrogens with one attached hydrogen (secondary N) is 2. The molecule has 1 amide bonds. The molecule has 0 unspecified atom stereocenters. The number of hydrogen-bond donors (Lipinski definition) is 2. The minimum atomic E-state index is -3.56. The third-order valence-electron chi connectivity index (χ3n) is 5.04. The zero-order valence-corrected chi connectivity index (χ0v) is 17.2. The van der Waals surface area contributed by atoms with Gasteiger partial charge in [0.05, 0.1) is 6.42 Å². The summed E-state index contributed by atoms with van der Waals surface area (Å²) in [5, 5.41) is 3.88. The molecule has 0 aliphatic carbocycles. The average Bonchev–Trinajstić information content (AvgIpc) is 3.08. The van der Waals surface area contributed by atoms with Crippen molar-refractivity contribution in [3.63, 3.8) is 0 Å². The molecule has 1 aliphatic rings. The molecule has 0 atom stereocenters. The molecule has 1 saturated heterocycles. The third kappa shape index (κ3) is 4.72. The highest BCUT2D eigenvalue weighted by atomic mass is 32.2. The highest BCUT2D eigenvalue weighted by molar-refractivity contribution is 7.86. The summed E-state index contributed by atoms with van der Waals surface area (Å²) in [5.41, 5.74) is 1.92. The lowest BCUT2D eigenvalue weighted by atomic mass is 10.1. The number of benzene rings is 1. The van der Waals surface area contributed by atoms with Gasteiger partial charge < -0.3 is 15.0 Å². The average molecular weight is 409 g/mol. The van der Waals surface area contributed by atoms with E-state index in [2.05, 4.69) is 10.3 Å². The van der Waals surface area contributed by atoms with Gasteiger partial charge in [-0.2, -0.15) is 17.0 Å². The summed E-state index contributed by atoms with van der Waals surface area (Å²) < 4.78 is 33.5. The summed E-state index contributed by atoms with van der Waals surface area (Å²) >= 11 is 0. The Labute approximate surface area is 166 Å². The molecule has 0 bridgehead atoms. The third-order valence-corrected chi connectivity index (χ3v) is 7.03. The number of ether oxygens (including phenoxy) is 1. The van der Waals surface area contributed by atoms with Gasteiger partial charge in [-0.25, -0.2) is 0 Å². The normalized spacial score (nSPS) is 16.1. The molecule has 2 aromatic rings. The van der Waals surface area contributed by atoms with Crippen molar-refractivity contribution in [3.8, 4) is 0 Å². The Morgan fingerprint density at radius 3 is 2.68 bits per heavy atom. The molecule has 3 rings (SSSR count). The number of fused-ring (bicyclic) bond motifs is 1. The molecule has 0 saturated carbocycles. The molecule has 1 aliphatic heterocycles. The summed E-state index contributed by atoms with van der Waals surface area (Å²) in [6.07, 6.45) is 3.42. The molecule has 0 radical (unpaired) electrons. The zero-order valence-electron chi connectivity index (χ0n) is 16.3. The first-order valence-corrected chi connectivity index (χ1v) is 10.9. The van der Waals surface area contributed by atoms with E-state index in [-0.39, 0.29) is 31.5 Å². The minimum Gasteiger partial charge on any atom is -0.381 e. The van der Waals surface area contributed by atoms with E-state index in [0.29, 0.717) is 26.1 Å².